The Bertz CT molecular complexity index is 991. The molecule has 0 atom stereocenters. The van der Waals surface area contributed by atoms with E-state index in [1.807, 2.05) is 30.3 Å². The van der Waals surface area contributed by atoms with Gasteiger partial charge >= 0.3 is 0 Å². The van der Waals surface area contributed by atoms with Gasteiger partial charge in [-0.25, -0.2) is 4.39 Å². The van der Waals surface area contributed by atoms with Crippen LogP contribution in [0.4, 0.5) is 15.8 Å². The SMILES string of the molecule is CC(=O)Nc1ccc(C2=CC(=C3C(=O)Nc4cc(F)ccc43)OC2)cc1. The largest absolute Gasteiger partial charge is 0.488 e. The van der Waals surface area contributed by atoms with E-state index in [2.05, 4.69) is 10.6 Å². The molecule has 26 heavy (non-hydrogen) atoms. The zero-order valence-corrected chi connectivity index (χ0v) is 13.9. The molecule has 0 saturated heterocycles. The van der Waals surface area contributed by atoms with Gasteiger partial charge in [-0.05, 0) is 42.0 Å². The molecule has 4 rings (SSSR count). The van der Waals surface area contributed by atoms with Crippen LogP contribution in [0.1, 0.15) is 18.1 Å². The first-order valence-corrected chi connectivity index (χ1v) is 8.08. The lowest BCUT2D eigenvalue weighted by atomic mass is 10.0. The van der Waals surface area contributed by atoms with Gasteiger partial charge in [-0.3, -0.25) is 9.59 Å². The molecule has 2 aromatic carbocycles. The lowest BCUT2D eigenvalue weighted by Gasteiger charge is -2.04. The monoisotopic (exact) mass is 350 g/mol. The van der Waals surface area contributed by atoms with E-state index in [1.54, 1.807) is 6.07 Å². The van der Waals surface area contributed by atoms with Gasteiger partial charge in [-0.1, -0.05) is 12.1 Å². The standard InChI is InChI=1S/C20H15FN2O3/c1-11(24)22-15-5-2-12(3-6-15)13-8-18(26-10-13)19-16-7-4-14(21)9-17(16)23-20(19)25/h2-9H,10H2,1H3,(H,22,24)(H,23,25). The van der Waals surface area contributed by atoms with Crippen molar-refractivity contribution in [3.63, 3.8) is 0 Å². The van der Waals surface area contributed by atoms with Crippen molar-refractivity contribution in [1.82, 2.24) is 0 Å². The number of hydrogen-bond donors (Lipinski definition) is 2. The molecule has 0 unspecified atom stereocenters. The van der Waals surface area contributed by atoms with Crippen LogP contribution < -0.4 is 10.6 Å². The lowest BCUT2D eigenvalue weighted by molar-refractivity contribution is -0.114. The Balaban J connectivity index is 1.67. The van der Waals surface area contributed by atoms with Crippen LogP contribution >= 0.6 is 0 Å². The Morgan fingerprint density at radius 1 is 1.19 bits per heavy atom. The van der Waals surface area contributed by atoms with E-state index in [4.69, 9.17) is 4.74 Å². The van der Waals surface area contributed by atoms with Crippen molar-refractivity contribution in [2.45, 2.75) is 6.92 Å². The summed E-state index contributed by atoms with van der Waals surface area (Å²) in [6.07, 6.45) is 1.82. The fourth-order valence-corrected chi connectivity index (χ4v) is 3.07. The fourth-order valence-electron chi connectivity index (χ4n) is 3.07. The van der Waals surface area contributed by atoms with Crippen LogP contribution in [0.15, 0.2) is 54.3 Å². The predicted octanol–water partition coefficient (Wildman–Crippen LogP) is 3.56. The molecular formula is C20H15FN2O3. The summed E-state index contributed by atoms with van der Waals surface area (Å²) in [6.45, 7) is 1.79. The summed E-state index contributed by atoms with van der Waals surface area (Å²) in [4.78, 5) is 23.4. The number of nitrogens with one attached hydrogen (secondary N) is 2. The fraction of sp³-hybridized carbons (Fsp3) is 0.100. The molecule has 2 heterocycles. The minimum Gasteiger partial charge on any atom is -0.488 e. The number of hydrogen-bond acceptors (Lipinski definition) is 3. The van der Waals surface area contributed by atoms with Crippen molar-refractivity contribution >= 4 is 34.3 Å². The number of carbonyl (C=O) groups excluding carboxylic acids is 2. The Labute approximate surface area is 149 Å². The van der Waals surface area contributed by atoms with Crippen molar-refractivity contribution in [1.29, 1.82) is 0 Å². The number of allylic oxidation sites excluding steroid dienone is 1. The van der Waals surface area contributed by atoms with Crippen LogP contribution in [0, 0.1) is 5.82 Å². The van der Waals surface area contributed by atoms with Crippen molar-refractivity contribution in [2.24, 2.45) is 0 Å². The van der Waals surface area contributed by atoms with Gasteiger partial charge in [0, 0.05) is 23.7 Å². The van der Waals surface area contributed by atoms with Gasteiger partial charge in [0.15, 0.2) is 0 Å². The second kappa shape index (κ2) is 6.15. The van der Waals surface area contributed by atoms with E-state index < -0.39 is 5.82 Å². The molecule has 2 amide bonds. The molecule has 6 heteroatoms. The quantitative estimate of drug-likeness (QED) is 0.814. The molecule has 0 fully saturated rings. The summed E-state index contributed by atoms with van der Waals surface area (Å²) in [5.74, 6) is -0.374. The first-order chi connectivity index (χ1) is 12.5. The molecule has 2 aliphatic rings. The molecule has 2 N–H and O–H groups in total. The maximum atomic E-state index is 13.4. The van der Waals surface area contributed by atoms with Crippen LogP contribution in [0.2, 0.25) is 0 Å². The van der Waals surface area contributed by atoms with Crippen molar-refractivity contribution in [3.05, 3.63) is 71.2 Å². The molecule has 0 aromatic heterocycles. The Morgan fingerprint density at radius 2 is 1.96 bits per heavy atom. The molecule has 0 radical (unpaired) electrons. The van der Waals surface area contributed by atoms with E-state index in [1.165, 1.54) is 19.1 Å². The molecule has 2 aromatic rings. The molecule has 130 valence electrons. The summed E-state index contributed by atoms with van der Waals surface area (Å²) in [5.41, 5.74) is 4.06. The molecule has 5 nitrogen and oxygen atoms in total. The molecule has 0 bridgehead atoms. The number of amides is 2. The molecule has 0 spiro atoms. The third-order valence-electron chi connectivity index (χ3n) is 4.24. The van der Waals surface area contributed by atoms with Crippen molar-refractivity contribution in [2.75, 3.05) is 17.2 Å². The van der Waals surface area contributed by atoms with E-state index in [9.17, 15) is 14.0 Å². The first kappa shape index (κ1) is 16.1. The average molecular weight is 350 g/mol. The number of halogens is 1. The smallest absolute Gasteiger partial charge is 0.260 e. The van der Waals surface area contributed by atoms with Crippen LogP contribution in [-0.2, 0) is 14.3 Å². The highest BCUT2D eigenvalue weighted by atomic mass is 19.1. The van der Waals surface area contributed by atoms with E-state index in [0.29, 0.717) is 34.9 Å². The van der Waals surface area contributed by atoms with Gasteiger partial charge in [-0.2, -0.15) is 0 Å². The van der Waals surface area contributed by atoms with Crippen LogP contribution in [0.25, 0.3) is 11.1 Å². The summed E-state index contributed by atoms with van der Waals surface area (Å²) in [6, 6.07) is 11.6. The number of ether oxygens (including phenoxy) is 1. The van der Waals surface area contributed by atoms with Gasteiger partial charge in [0.1, 0.15) is 18.2 Å². The predicted molar refractivity (Wildman–Crippen MR) is 96.6 cm³/mol. The summed E-state index contributed by atoms with van der Waals surface area (Å²) < 4.78 is 19.1. The topological polar surface area (TPSA) is 67.4 Å². The number of rotatable bonds is 2. The number of benzene rings is 2. The van der Waals surface area contributed by atoms with Gasteiger partial charge in [0.25, 0.3) is 5.91 Å². The second-order valence-electron chi connectivity index (χ2n) is 6.10. The van der Waals surface area contributed by atoms with Gasteiger partial charge in [0.2, 0.25) is 5.91 Å². The molecule has 2 aliphatic heterocycles. The summed E-state index contributed by atoms with van der Waals surface area (Å²) in [7, 11) is 0. The number of carbonyl (C=O) groups is 2. The normalized spacial score (nSPS) is 18.1. The minimum absolute atomic E-state index is 0.129. The summed E-state index contributed by atoms with van der Waals surface area (Å²) >= 11 is 0. The Kier molecular flexibility index (Phi) is 3.80. The van der Waals surface area contributed by atoms with Crippen LogP contribution in [-0.4, -0.2) is 18.4 Å². The number of anilines is 2. The highest BCUT2D eigenvalue weighted by Crippen LogP contribution is 2.38. The molecule has 0 saturated carbocycles. The van der Waals surface area contributed by atoms with E-state index >= 15 is 0 Å². The van der Waals surface area contributed by atoms with Gasteiger partial charge in [-0.15, -0.1) is 0 Å². The first-order valence-electron chi connectivity index (χ1n) is 8.08. The highest BCUT2D eigenvalue weighted by Gasteiger charge is 2.30. The summed E-state index contributed by atoms with van der Waals surface area (Å²) in [5, 5.41) is 5.37. The van der Waals surface area contributed by atoms with E-state index in [-0.39, 0.29) is 11.8 Å². The maximum Gasteiger partial charge on any atom is 0.260 e. The third-order valence-corrected chi connectivity index (χ3v) is 4.24. The lowest BCUT2D eigenvalue weighted by Crippen LogP contribution is -2.05. The second-order valence-corrected chi connectivity index (χ2v) is 6.10. The number of fused-ring (bicyclic) bond motifs is 1. The maximum absolute atomic E-state index is 13.4. The Morgan fingerprint density at radius 3 is 2.69 bits per heavy atom. The Hall–Kier alpha value is -3.41. The van der Waals surface area contributed by atoms with Gasteiger partial charge < -0.3 is 15.4 Å². The van der Waals surface area contributed by atoms with Crippen LogP contribution in [0.3, 0.4) is 0 Å². The average Bonchev–Trinajstić information content (AvgIpc) is 3.18. The zero-order valence-electron chi connectivity index (χ0n) is 13.9. The van der Waals surface area contributed by atoms with Crippen molar-refractivity contribution < 1.29 is 18.7 Å². The minimum atomic E-state index is -0.405. The molecular weight excluding hydrogens is 335 g/mol. The van der Waals surface area contributed by atoms with Gasteiger partial charge in [0.05, 0.1) is 11.3 Å². The van der Waals surface area contributed by atoms with E-state index in [0.717, 1.165) is 11.1 Å². The van der Waals surface area contributed by atoms with Crippen molar-refractivity contribution in [3.8, 4) is 0 Å². The highest BCUT2D eigenvalue weighted by molar-refractivity contribution is 6.32. The third kappa shape index (κ3) is 2.86. The molecule has 0 aliphatic carbocycles. The van der Waals surface area contributed by atoms with Crippen LogP contribution in [0.5, 0.6) is 0 Å². The zero-order chi connectivity index (χ0) is 18.3.